The van der Waals surface area contributed by atoms with E-state index in [-0.39, 0.29) is 5.69 Å². The first kappa shape index (κ1) is 18.1. The first-order valence-electron chi connectivity index (χ1n) is 8.89. The zero-order valence-corrected chi connectivity index (χ0v) is 14.9. The standard InChI is InChI=1S/C20H18F3N5/c21-15-6-7-16(20(23)19(15)22)26-17-12-18(25-13-24-17)28-10-8-27(9-11-28)14-4-2-1-3-5-14/h1-7,12-13H,8-11H2,(H,24,25,26). The van der Waals surface area contributed by atoms with Gasteiger partial charge >= 0.3 is 0 Å². The highest BCUT2D eigenvalue weighted by Gasteiger charge is 2.19. The van der Waals surface area contributed by atoms with Crippen molar-refractivity contribution in [2.75, 3.05) is 41.3 Å². The van der Waals surface area contributed by atoms with Crippen molar-refractivity contribution in [2.45, 2.75) is 0 Å². The third-order valence-corrected chi connectivity index (χ3v) is 4.68. The van der Waals surface area contributed by atoms with E-state index < -0.39 is 17.5 Å². The number of anilines is 4. The Morgan fingerprint density at radius 1 is 0.786 bits per heavy atom. The highest BCUT2D eigenvalue weighted by atomic mass is 19.2. The van der Waals surface area contributed by atoms with Crippen molar-refractivity contribution in [1.29, 1.82) is 0 Å². The number of piperazine rings is 1. The molecule has 0 saturated carbocycles. The first-order chi connectivity index (χ1) is 13.6. The fourth-order valence-electron chi connectivity index (χ4n) is 3.18. The molecule has 5 nitrogen and oxygen atoms in total. The number of nitrogens with zero attached hydrogens (tertiary/aromatic N) is 4. The normalized spacial score (nSPS) is 14.2. The maximum absolute atomic E-state index is 13.9. The van der Waals surface area contributed by atoms with E-state index >= 15 is 0 Å². The topological polar surface area (TPSA) is 44.3 Å². The molecule has 8 heteroatoms. The van der Waals surface area contributed by atoms with Crippen LogP contribution in [-0.2, 0) is 0 Å². The van der Waals surface area contributed by atoms with Crippen LogP contribution >= 0.6 is 0 Å². The second kappa shape index (κ2) is 7.75. The molecule has 28 heavy (non-hydrogen) atoms. The van der Waals surface area contributed by atoms with Gasteiger partial charge in [-0.3, -0.25) is 0 Å². The quantitative estimate of drug-likeness (QED) is 0.689. The number of hydrogen-bond acceptors (Lipinski definition) is 5. The van der Waals surface area contributed by atoms with Crippen LogP contribution in [-0.4, -0.2) is 36.1 Å². The predicted octanol–water partition coefficient (Wildman–Crippen LogP) is 3.96. The molecule has 0 unspecified atom stereocenters. The Hall–Kier alpha value is -3.29. The van der Waals surface area contributed by atoms with Gasteiger partial charge < -0.3 is 15.1 Å². The summed E-state index contributed by atoms with van der Waals surface area (Å²) >= 11 is 0. The van der Waals surface area contributed by atoms with Crippen LogP contribution in [0.15, 0.2) is 54.9 Å². The zero-order valence-electron chi connectivity index (χ0n) is 14.9. The first-order valence-corrected chi connectivity index (χ1v) is 8.89. The van der Waals surface area contributed by atoms with Crippen LogP contribution in [0.4, 0.5) is 36.2 Å². The lowest BCUT2D eigenvalue weighted by molar-refractivity contribution is 0.449. The average Bonchev–Trinajstić information content (AvgIpc) is 2.75. The summed E-state index contributed by atoms with van der Waals surface area (Å²) in [7, 11) is 0. The number of benzene rings is 2. The fraction of sp³-hybridized carbons (Fsp3) is 0.200. The molecule has 0 spiro atoms. The monoisotopic (exact) mass is 385 g/mol. The smallest absolute Gasteiger partial charge is 0.196 e. The van der Waals surface area contributed by atoms with Crippen molar-refractivity contribution in [3.63, 3.8) is 0 Å². The van der Waals surface area contributed by atoms with E-state index in [0.717, 1.165) is 38.3 Å². The van der Waals surface area contributed by atoms with Crippen LogP contribution in [0.2, 0.25) is 0 Å². The summed E-state index contributed by atoms with van der Waals surface area (Å²) < 4.78 is 40.4. The lowest BCUT2D eigenvalue weighted by Gasteiger charge is -2.36. The minimum absolute atomic E-state index is 0.183. The number of halogens is 3. The van der Waals surface area contributed by atoms with E-state index in [1.165, 1.54) is 12.0 Å². The largest absolute Gasteiger partial charge is 0.368 e. The number of para-hydroxylation sites is 1. The maximum Gasteiger partial charge on any atom is 0.196 e. The number of hydrogen-bond donors (Lipinski definition) is 1. The van der Waals surface area contributed by atoms with E-state index in [1.54, 1.807) is 6.07 Å². The van der Waals surface area contributed by atoms with Gasteiger partial charge in [-0.1, -0.05) is 18.2 Å². The average molecular weight is 385 g/mol. The summed E-state index contributed by atoms with van der Waals surface area (Å²) in [5, 5.41) is 2.68. The van der Waals surface area contributed by atoms with Gasteiger partial charge in [-0.2, -0.15) is 0 Å². The van der Waals surface area contributed by atoms with Crippen LogP contribution in [0.25, 0.3) is 0 Å². The van der Waals surface area contributed by atoms with Crippen molar-refractivity contribution in [1.82, 2.24) is 9.97 Å². The van der Waals surface area contributed by atoms with Crippen LogP contribution in [0.1, 0.15) is 0 Å². The lowest BCUT2D eigenvalue weighted by atomic mass is 10.2. The van der Waals surface area contributed by atoms with E-state index in [2.05, 4.69) is 37.2 Å². The van der Waals surface area contributed by atoms with E-state index in [4.69, 9.17) is 0 Å². The van der Waals surface area contributed by atoms with Crippen molar-refractivity contribution < 1.29 is 13.2 Å². The van der Waals surface area contributed by atoms with Crippen LogP contribution in [0.5, 0.6) is 0 Å². The van der Waals surface area contributed by atoms with Gasteiger partial charge in [-0.25, -0.2) is 23.1 Å². The summed E-state index contributed by atoms with van der Waals surface area (Å²) in [6, 6.07) is 13.9. The Kier molecular flexibility index (Phi) is 5.01. The molecule has 4 rings (SSSR count). The third kappa shape index (κ3) is 3.71. The van der Waals surface area contributed by atoms with Crippen LogP contribution in [0.3, 0.4) is 0 Å². The molecular formula is C20H18F3N5. The molecule has 0 aliphatic carbocycles. The minimum atomic E-state index is -1.52. The molecular weight excluding hydrogens is 367 g/mol. The highest BCUT2D eigenvalue weighted by molar-refractivity contribution is 5.60. The van der Waals surface area contributed by atoms with Gasteiger partial charge in [0.15, 0.2) is 17.5 Å². The molecule has 3 aromatic rings. The Morgan fingerprint density at radius 3 is 2.25 bits per heavy atom. The molecule has 1 N–H and O–H groups in total. The highest BCUT2D eigenvalue weighted by Crippen LogP contribution is 2.25. The molecule has 1 saturated heterocycles. The summed E-state index contributed by atoms with van der Waals surface area (Å²) in [6.07, 6.45) is 1.36. The van der Waals surface area contributed by atoms with E-state index in [1.807, 2.05) is 18.2 Å². The van der Waals surface area contributed by atoms with Gasteiger partial charge in [0, 0.05) is 37.9 Å². The molecule has 0 atom stereocenters. The third-order valence-electron chi connectivity index (χ3n) is 4.68. The van der Waals surface area contributed by atoms with Gasteiger partial charge in [0.2, 0.25) is 0 Å². The second-order valence-corrected chi connectivity index (χ2v) is 6.42. The van der Waals surface area contributed by atoms with Crippen molar-refractivity contribution >= 4 is 23.0 Å². The Labute approximate surface area is 160 Å². The number of aromatic nitrogens is 2. The van der Waals surface area contributed by atoms with Gasteiger partial charge in [-0.05, 0) is 24.3 Å². The maximum atomic E-state index is 13.9. The molecule has 1 aliphatic heterocycles. The van der Waals surface area contributed by atoms with Crippen molar-refractivity contribution in [3.05, 3.63) is 72.3 Å². The molecule has 2 aromatic carbocycles. The SMILES string of the molecule is Fc1ccc(Nc2cc(N3CCN(c4ccccc4)CC3)ncn2)c(F)c1F. The summed E-state index contributed by atoms with van der Waals surface area (Å²) in [6.45, 7) is 3.22. The van der Waals surface area contributed by atoms with Crippen molar-refractivity contribution in [2.24, 2.45) is 0 Å². The second-order valence-electron chi connectivity index (χ2n) is 6.42. The van der Waals surface area contributed by atoms with Gasteiger partial charge in [-0.15, -0.1) is 0 Å². The minimum Gasteiger partial charge on any atom is -0.368 e. The Morgan fingerprint density at radius 2 is 1.50 bits per heavy atom. The Balaban J connectivity index is 1.45. The number of nitrogens with one attached hydrogen (secondary N) is 1. The summed E-state index contributed by atoms with van der Waals surface area (Å²) in [5.41, 5.74) is 0.999. The van der Waals surface area contributed by atoms with Gasteiger partial charge in [0.25, 0.3) is 0 Å². The van der Waals surface area contributed by atoms with Crippen molar-refractivity contribution in [3.8, 4) is 0 Å². The van der Waals surface area contributed by atoms with E-state index in [0.29, 0.717) is 11.6 Å². The summed E-state index contributed by atoms with van der Waals surface area (Å²) in [5.74, 6) is -3.04. The van der Waals surface area contributed by atoms with Crippen LogP contribution < -0.4 is 15.1 Å². The molecule has 1 aliphatic rings. The van der Waals surface area contributed by atoms with Gasteiger partial charge in [0.05, 0.1) is 5.69 Å². The van der Waals surface area contributed by atoms with Gasteiger partial charge in [0.1, 0.15) is 18.0 Å². The molecule has 0 radical (unpaired) electrons. The predicted molar refractivity (Wildman–Crippen MR) is 102 cm³/mol. The molecule has 144 valence electrons. The van der Waals surface area contributed by atoms with Crippen LogP contribution in [0, 0.1) is 17.5 Å². The number of rotatable bonds is 4. The lowest BCUT2D eigenvalue weighted by Crippen LogP contribution is -2.46. The Bertz CT molecular complexity index is 959. The molecule has 1 fully saturated rings. The molecule has 0 bridgehead atoms. The molecule has 1 aromatic heterocycles. The molecule has 2 heterocycles. The van der Waals surface area contributed by atoms with E-state index in [9.17, 15) is 13.2 Å². The molecule has 0 amide bonds. The zero-order chi connectivity index (χ0) is 19.5. The fourth-order valence-corrected chi connectivity index (χ4v) is 3.18. The summed E-state index contributed by atoms with van der Waals surface area (Å²) in [4.78, 5) is 12.7.